The van der Waals surface area contributed by atoms with Crippen LogP contribution in [0.15, 0.2) is 18.2 Å². The number of halogens is 1. The third-order valence-corrected chi connectivity index (χ3v) is 2.43. The highest BCUT2D eigenvalue weighted by Crippen LogP contribution is 2.09. The Balaban J connectivity index is 2.62. The van der Waals surface area contributed by atoms with Crippen molar-refractivity contribution in [1.82, 2.24) is 5.32 Å². The Morgan fingerprint density at radius 2 is 2.30 bits per heavy atom. The number of rotatable bonds is 6. The molecule has 0 aromatic heterocycles. The molecule has 0 aliphatic heterocycles. The van der Waals surface area contributed by atoms with Crippen molar-refractivity contribution in [1.29, 1.82) is 0 Å². The van der Waals surface area contributed by atoms with E-state index in [2.05, 4.69) is 17.2 Å². The van der Waals surface area contributed by atoms with Crippen LogP contribution in [0.25, 0.3) is 0 Å². The monoisotopic (exact) mass is 279 g/mol. The topological polar surface area (TPSA) is 58.6 Å². The molecule has 0 fully saturated rings. The first-order chi connectivity index (χ1) is 9.69. The van der Waals surface area contributed by atoms with E-state index in [1.165, 1.54) is 12.1 Å². The van der Waals surface area contributed by atoms with Crippen molar-refractivity contribution in [3.8, 4) is 11.8 Å². The third-order valence-electron chi connectivity index (χ3n) is 2.43. The molecule has 20 heavy (non-hydrogen) atoms. The molecule has 1 aromatic carbocycles. The van der Waals surface area contributed by atoms with Gasteiger partial charge < -0.3 is 15.2 Å². The molecular weight excluding hydrogens is 261 g/mol. The fraction of sp³-hybridized carbons (Fsp3) is 0.400. The number of aliphatic hydroxyl groups excluding tert-OH is 1. The minimum Gasteiger partial charge on any atom is -0.395 e. The molecule has 0 saturated carbocycles. The Morgan fingerprint density at radius 3 is 2.95 bits per heavy atom. The highest BCUT2D eigenvalue weighted by Gasteiger charge is 2.08. The van der Waals surface area contributed by atoms with E-state index in [1.54, 1.807) is 0 Å². The maximum absolute atomic E-state index is 13.7. The average molecular weight is 279 g/mol. The van der Waals surface area contributed by atoms with Crippen LogP contribution in [-0.2, 0) is 4.74 Å². The molecule has 0 aliphatic carbocycles. The number of carbonyl (C=O) groups is 1. The second-order valence-corrected chi connectivity index (χ2v) is 3.92. The molecule has 0 atom stereocenters. The van der Waals surface area contributed by atoms with Gasteiger partial charge in [-0.3, -0.25) is 4.79 Å². The summed E-state index contributed by atoms with van der Waals surface area (Å²) in [7, 11) is 0. The lowest BCUT2D eigenvalue weighted by Crippen LogP contribution is -2.27. The minimum atomic E-state index is -0.548. The van der Waals surface area contributed by atoms with Gasteiger partial charge in [-0.2, -0.15) is 0 Å². The van der Waals surface area contributed by atoms with Gasteiger partial charge in [0.15, 0.2) is 0 Å². The summed E-state index contributed by atoms with van der Waals surface area (Å²) < 4.78 is 18.8. The highest BCUT2D eigenvalue weighted by atomic mass is 19.1. The van der Waals surface area contributed by atoms with Gasteiger partial charge in [-0.15, -0.1) is 0 Å². The van der Waals surface area contributed by atoms with Crippen molar-refractivity contribution in [2.24, 2.45) is 0 Å². The number of nitrogens with one attached hydrogen (secondary N) is 1. The SMILES string of the molecule is CCOCCNC(=O)c1ccc(C#CCCO)c(F)c1. The molecule has 0 unspecified atom stereocenters. The lowest BCUT2D eigenvalue weighted by atomic mass is 10.1. The van der Waals surface area contributed by atoms with Gasteiger partial charge in [0, 0.05) is 25.1 Å². The van der Waals surface area contributed by atoms with E-state index in [9.17, 15) is 9.18 Å². The van der Waals surface area contributed by atoms with Crippen LogP contribution in [-0.4, -0.2) is 37.4 Å². The molecule has 1 rings (SSSR count). The van der Waals surface area contributed by atoms with Crippen LogP contribution >= 0.6 is 0 Å². The standard InChI is InChI=1S/C15H18FNO3/c1-2-20-10-8-17-15(19)13-7-6-12(14(16)11-13)5-3-4-9-18/h6-7,11,18H,2,4,8-10H2,1H3,(H,17,19). The van der Waals surface area contributed by atoms with Gasteiger partial charge in [-0.25, -0.2) is 4.39 Å². The predicted octanol–water partition coefficient (Wildman–Crippen LogP) is 1.33. The van der Waals surface area contributed by atoms with Gasteiger partial charge in [0.05, 0.1) is 18.8 Å². The van der Waals surface area contributed by atoms with E-state index in [0.29, 0.717) is 26.2 Å². The molecule has 0 heterocycles. The molecule has 1 aromatic rings. The van der Waals surface area contributed by atoms with Crippen LogP contribution < -0.4 is 5.32 Å². The molecular formula is C15H18FNO3. The molecule has 108 valence electrons. The van der Waals surface area contributed by atoms with Crippen LogP contribution in [0.1, 0.15) is 29.3 Å². The molecule has 1 amide bonds. The minimum absolute atomic E-state index is 0.0606. The quantitative estimate of drug-likeness (QED) is 0.610. The maximum Gasteiger partial charge on any atom is 0.251 e. The van der Waals surface area contributed by atoms with Crippen LogP contribution in [0.4, 0.5) is 4.39 Å². The summed E-state index contributed by atoms with van der Waals surface area (Å²) in [5.41, 5.74) is 0.455. The van der Waals surface area contributed by atoms with Crippen molar-refractivity contribution in [2.75, 3.05) is 26.4 Å². The van der Waals surface area contributed by atoms with Gasteiger partial charge in [0.25, 0.3) is 5.91 Å². The van der Waals surface area contributed by atoms with E-state index in [-0.39, 0.29) is 23.6 Å². The largest absolute Gasteiger partial charge is 0.395 e. The lowest BCUT2D eigenvalue weighted by molar-refractivity contribution is 0.0922. The second-order valence-electron chi connectivity index (χ2n) is 3.92. The number of amides is 1. The van der Waals surface area contributed by atoms with Crippen LogP contribution in [0.5, 0.6) is 0 Å². The molecule has 0 saturated heterocycles. The Kier molecular flexibility index (Phi) is 7.33. The van der Waals surface area contributed by atoms with Crippen LogP contribution in [0.2, 0.25) is 0 Å². The zero-order valence-electron chi connectivity index (χ0n) is 11.4. The Bertz CT molecular complexity index is 506. The normalized spacial score (nSPS) is 9.75. The molecule has 0 bridgehead atoms. The number of aliphatic hydroxyl groups is 1. The van der Waals surface area contributed by atoms with Crippen molar-refractivity contribution < 1.29 is 19.0 Å². The molecule has 0 radical (unpaired) electrons. The average Bonchev–Trinajstić information content (AvgIpc) is 2.45. The summed E-state index contributed by atoms with van der Waals surface area (Å²) in [5, 5.41) is 11.2. The van der Waals surface area contributed by atoms with E-state index in [1.807, 2.05) is 6.92 Å². The van der Waals surface area contributed by atoms with Gasteiger partial charge in [-0.1, -0.05) is 11.8 Å². The summed E-state index contributed by atoms with van der Waals surface area (Å²) in [6.07, 6.45) is 0.291. The smallest absolute Gasteiger partial charge is 0.251 e. The summed E-state index contributed by atoms with van der Waals surface area (Å²) >= 11 is 0. The molecule has 4 nitrogen and oxygen atoms in total. The summed E-state index contributed by atoms with van der Waals surface area (Å²) in [5.74, 6) is 4.34. The summed E-state index contributed by atoms with van der Waals surface area (Å²) in [6, 6.07) is 4.12. The predicted molar refractivity (Wildman–Crippen MR) is 73.8 cm³/mol. The fourth-order valence-corrected chi connectivity index (χ4v) is 1.45. The van der Waals surface area contributed by atoms with Gasteiger partial charge >= 0.3 is 0 Å². The number of hydrogen-bond donors (Lipinski definition) is 2. The Hall–Kier alpha value is -1.90. The fourth-order valence-electron chi connectivity index (χ4n) is 1.45. The van der Waals surface area contributed by atoms with E-state index in [0.717, 1.165) is 6.07 Å². The number of hydrogen-bond acceptors (Lipinski definition) is 3. The Labute approximate surface area is 117 Å². The van der Waals surface area contributed by atoms with Crippen molar-refractivity contribution in [3.63, 3.8) is 0 Å². The van der Waals surface area contributed by atoms with E-state index in [4.69, 9.17) is 9.84 Å². The highest BCUT2D eigenvalue weighted by molar-refractivity contribution is 5.94. The third kappa shape index (κ3) is 5.39. The zero-order chi connectivity index (χ0) is 14.8. The van der Waals surface area contributed by atoms with Crippen molar-refractivity contribution in [2.45, 2.75) is 13.3 Å². The summed E-state index contributed by atoms with van der Waals surface area (Å²) in [6.45, 7) is 3.20. The second kappa shape index (κ2) is 9.08. The molecule has 5 heteroatoms. The molecule has 0 spiro atoms. The first-order valence-electron chi connectivity index (χ1n) is 6.44. The lowest BCUT2D eigenvalue weighted by Gasteiger charge is -2.05. The maximum atomic E-state index is 13.7. The number of carbonyl (C=O) groups excluding carboxylic acids is 1. The Morgan fingerprint density at radius 1 is 1.50 bits per heavy atom. The van der Waals surface area contributed by atoms with Crippen molar-refractivity contribution in [3.05, 3.63) is 35.1 Å². The first-order valence-corrected chi connectivity index (χ1v) is 6.44. The molecule has 0 aliphatic rings. The van der Waals surface area contributed by atoms with Gasteiger partial charge in [-0.05, 0) is 25.1 Å². The van der Waals surface area contributed by atoms with Crippen LogP contribution in [0, 0.1) is 17.7 Å². The zero-order valence-corrected chi connectivity index (χ0v) is 11.4. The van der Waals surface area contributed by atoms with Gasteiger partial charge in [0.1, 0.15) is 5.82 Å². The summed E-state index contributed by atoms with van der Waals surface area (Å²) in [4.78, 5) is 11.7. The van der Waals surface area contributed by atoms with Crippen molar-refractivity contribution >= 4 is 5.91 Å². The van der Waals surface area contributed by atoms with Gasteiger partial charge in [0.2, 0.25) is 0 Å². The molecule has 2 N–H and O–H groups in total. The first kappa shape index (κ1) is 16.2. The number of ether oxygens (including phenoxy) is 1. The number of benzene rings is 1. The van der Waals surface area contributed by atoms with E-state index < -0.39 is 5.82 Å². The van der Waals surface area contributed by atoms with E-state index >= 15 is 0 Å². The van der Waals surface area contributed by atoms with Crippen LogP contribution in [0.3, 0.4) is 0 Å².